The van der Waals surface area contributed by atoms with Gasteiger partial charge in [-0.15, -0.1) is 0 Å². The fourth-order valence-electron chi connectivity index (χ4n) is 2.40. The summed E-state index contributed by atoms with van der Waals surface area (Å²) in [6.45, 7) is 0.196. The van der Waals surface area contributed by atoms with Crippen LogP contribution in [-0.2, 0) is 0 Å². The molecule has 1 aromatic rings. The van der Waals surface area contributed by atoms with Crippen molar-refractivity contribution in [3.63, 3.8) is 0 Å². The molecule has 1 N–H and O–H groups in total. The van der Waals surface area contributed by atoms with E-state index in [1.807, 2.05) is 0 Å². The molecule has 0 aliphatic carbocycles. The van der Waals surface area contributed by atoms with E-state index in [9.17, 15) is 27.5 Å². The lowest BCUT2D eigenvalue weighted by molar-refractivity contribution is -0.222. The molecule has 116 valence electrons. The Morgan fingerprint density at radius 3 is 2.52 bits per heavy atom. The molecule has 21 heavy (non-hydrogen) atoms. The smallest absolute Gasteiger partial charge is 0.383 e. The number of aromatic nitrogens is 1. The number of piperidine rings is 1. The summed E-state index contributed by atoms with van der Waals surface area (Å²) in [6, 6.07) is 2.33. The number of rotatable bonds is 2. The van der Waals surface area contributed by atoms with Crippen LogP contribution in [0.15, 0.2) is 18.3 Å². The molecule has 4 nitrogen and oxygen atoms in total. The number of amides is 1. The van der Waals surface area contributed by atoms with Gasteiger partial charge in [-0.25, -0.2) is 4.98 Å². The number of nitrogens with zero attached hydrogens (tertiary/aromatic N) is 2. The van der Waals surface area contributed by atoms with Crippen LogP contribution in [0.4, 0.5) is 17.6 Å². The molecule has 0 aromatic carbocycles. The number of halogens is 4. The van der Waals surface area contributed by atoms with Gasteiger partial charge in [-0.3, -0.25) is 4.79 Å². The summed E-state index contributed by atoms with van der Waals surface area (Å²) in [7, 11) is 0. The third-order valence-corrected chi connectivity index (χ3v) is 3.58. The maximum atomic E-state index is 13.0. The Kier molecular flexibility index (Phi) is 4.46. The van der Waals surface area contributed by atoms with Gasteiger partial charge in [0.15, 0.2) is 6.10 Å². The lowest BCUT2D eigenvalue weighted by Crippen LogP contribution is -2.45. The lowest BCUT2D eigenvalue weighted by Gasteiger charge is -2.34. The molecule has 1 amide bonds. The number of carbonyl (C=O) groups excluding carboxylic acids is 1. The predicted molar refractivity (Wildman–Crippen MR) is 64.9 cm³/mol. The van der Waals surface area contributed by atoms with Crippen molar-refractivity contribution in [1.82, 2.24) is 9.88 Å². The largest absolute Gasteiger partial charge is 0.414 e. The second-order valence-electron chi connectivity index (χ2n) is 4.98. The van der Waals surface area contributed by atoms with Crippen LogP contribution in [0.1, 0.15) is 23.2 Å². The first-order chi connectivity index (χ1) is 9.79. The molecular formula is C13H14F4N2O2. The fraction of sp³-hybridized carbons (Fsp3) is 0.538. The van der Waals surface area contributed by atoms with Gasteiger partial charge in [0.1, 0.15) is 0 Å². The van der Waals surface area contributed by atoms with E-state index in [1.54, 1.807) is 0 Å². The summed E-state index contributed by atoms with van der Waals surface area (Å²) < 4.78 is 50.2. The Morgan fingerprint density at radius 1 is 1.38 bits per heavy atom. The van der Waals surface area contributed by atoms with E-state index in [0.717, 1.165) is 12.3 Å². The van der Waals surface area contributed by atoms with Crippen molar-refractivity contribution in [2.45, 2.75) is 25.1 Å². The predicted octanol–water partition coefficient (Wildman–Crippen LogP) is 2.00. The second-order valence-corrected chi connectivity index (χ2v) is 4.98. The van der Waals surface area contributed by atoms with Gasteiger partial charge in [-0.2, -0.15) is 17.6 Å². The summed E-state index contributed by atoms with van der Waals surface area (Å²) in [4.78, 5) is 16.8. The average Bonchev–Trinajstić information content (AvgIpc) is 2.45. The van der Waals surface area contributed by atoms with Gasteiger partial charge in [0.25, 0.3) is 5.91 Å². The highest BCUT2D eigenvalue weighted by molar-refractivity contribution is 5.94. The van der Waals surface area contributed by atoms with E-state index in [-0.39, 0.29) is 31.5 Å². The number of carbonyl (C=O) groups is 1. The van der Waals surface area contributed by atoms with Crippen LogP contribution in [0.3, 0.4) is 0 Å². The molecule has 1 fully saturated rings. The number of hydrogen-bond donors (Lipinski definition) is 1. The van der Waals surface area contributed by atoms with E-state index in [1.165, 1.54) is 11.0 Å². The molecule has 1 aliphatic rings. The van der Waals surface area contributed by atoms with Crippen LogP contribution in [0.2, 0.25) is 0 Å². The Balaban J connectivity index is 1.96. The molecule has 0 bridgehead atoms. The van der Waals surface area contributed by atoms with Gasteiger partial charge >= 0.3 is 6.18 Å². The van der Waals surface area contributed by atoms with Crippen molar-refractivity contribution in [3.05, 3.63) is 29.8 Å². The minimum Gasteiger partial charge on any atom is -0.383 e. The van der Waals surface area contributed by atoms with E-state index in [4.69, 9.17) is 0 Å². The van der Waals surface area contributed by atoms with Crippen LogP contribution >= 0.6 is 0 Å². The van der Waals surface area contributed by atoms with Gasteiger partial charge in [0.05, 0.1) is 0 Å². The van der Waals surface area contributed by atoms with Crippen molar-refractivity contribution < 1.29 is 27.5 Å². The monoisotopic (exact) mass is 306 g/mol. The molecule has 0 saturated carbocycles. The third-order valence-electron chi connectivity index (χ3n) is 3.58. The first-order valence-corrected chi connectivity index (χ1v) is 6.44. The maximum Gasteiger partial charge on any atom is 0.414 e. The van der Waals surface area contributed by atoms with Gasteiger partial charge in [0, 0.05) is 30.9 Å². The zero-order valence-corrected chi connectivity index (χ0v) is 11.0. The summed E-state index contributed by atoms with van der Waals surface area (Å²) in [5.74, 6) is -2.15. The minimum absolute atomic E-state index is 0.0555. The first-order valence-electron chi connectivity index (χ1n) is 6.44. The van der Waals surface area contributed by atoms with Gasteiger partial charge in [0.2, 0.25) is 5.95 Å². The Morgan fingerprint density at radius 2 is 2.00 bits per heavy atom. The van der Waals surface area contributed by atoms with Crippen molar-refractivity contribution in [2.75, 3.05) is 13.1 Å². The molecular weight excluding hydrogens is 292 g/mol. The van der Waals surface area contributed by atoms with Gasteiger partial charge in [-0.1, -0.05) is 0 Å². The van der Waals surface area contributed by atoms with E-state index < -0.39 is 30.1 Å². The number of likely N-dealkylation sites (tertiary alicyclic amines) is 1. The Labute approximate surface area is 118 Å². The highest BCUT2D eigenvalue weighted by Gasteiger charge is 2.44. The highest BCUT2D eigenvalue weighted by atomic mass is 19.4. The van der Waals surface area contributed by atoms with Crippen LogP contribution in [0.25, 0.3) is 0 Å². The molecule has 1 saturated heterocycles. The van der Waals surface area contributed by atoms with Gasteiger partial charge < -0.3 is 10.0 Å². The topological polar surface area (TPSA) is 53.4 Å². The fourth-order valence-corrected chi connectivity index (χ4v) is 2.40. The average molecular weight is 306 g/mol. The molecule has 2 heterocycles. The van der Waals surface area contributed by atoms with E-state index in [0.29, 0.717) is 0 Å². The van der Waals surface area contributed by atoms with Crippen molar-refractivity contribution >= 4 is 5.91 Å². The Hall–Kier alpha value is -1.70. The van der Waals surface area contributed by atoms with Gasteiger partial charge in [-0.05, 0) is 24.8 Å². The molecule has 1 unspecified atom stereocenters. The zero-order valence-electron chi connectivity index (χ0n) is 11.0. The summed E-state index contributed by atoms with van der Waals surface area (Å²) in [5, 5.41) is 9.20. The van der Waals surface area contributed by atoms with Crippen LogP contribution in [0, 0.1) is 11.9 Å². The highest BCUT2D eigenvalue weighted by Crippen LogP contribution is 2.31. The molecule has 1 aliphatic heterocycles. The van der Waals surface area contributed by atoms with Crippen molar-refractivity contribution in [2.24, 2.45) is 5.92 Å². The summed E-state index contributed by atoms with van der Waals surface area (Å²) >= 11 is 0. The van der Waals surface area contributed by atoms with Crippen LogP contribution in [-0.4, -0.2) is 46.3 Å². The number of aliphatic hydroxyl groups is 1. The maximum absolute atomic E-state index is 13.0. The number of alkyl halides is 3. The van der Waals surface area contributed by atoms with Crippen LogP contribution in [0.5, 0.6) is 0 Å². The molecule has 1 atom stereocenters. The zero-order chi connectivity index (χ0) is 15.6. The van der Waals surface area contributed by atoms with Crippen molar-refractivity contribution in [1.29, 1.82) is 0 Å². The molecule has 2 rings (SSSR count). The van der Waals surface area contributed by atoms with Crippen LogP contribution < -0.4 is 0 Å². The summed E-state index contributed by atoms with van der Waals surface area (Å²) in [5.41, 5.74) is 0.109. The number of hydrogen-bond acceptors (Lipinski definition) is 3. The SMILES string of the molecule is O=C(c1ccnc(F)c1)N1CCC(C(O)C(F)(F)F)CC1. The number of pyridine rings is 1. The minimum atomic E-state index is -4.65. The summed E-state index contributed by atoms with van der Waals surface area (Å²) in [6.07, 6.45) is -5.75. The van der Waals surface area contributed by atoms with Crippen molar-refractivity contribution in [3.8, 4) is 0 Å². The standard InChI is InChI=1S/C13H14F4N2O2/c14-10-7-9(1-4-18-10)12(21)19-5-2-8(3-6-19)11(20)13(15,16)17/h1,4,7-8,11,20H,2-3,5-6H2. The molecule has 0 radical (unpaired) electrons. The third kappa shape index (κ3) is 3.69. The quantitative estimate of drug-likeness (QED) is 0.671. The molecule has 0 spiro atoms. The van der Waals surface area contributed by atoms with E-state index >= 15 is 0 Å². The second kappa shape index (κ2) is 5.97. The van der Waals surface area contributed by atoms with E-state index in [2.05, 4.69) is 4.98 Å². The Bertz CT molecular complexity index is 513. The first kappa shape index (κ1) is 15.7. The molecule has 8 heteroatoms. The molecule has 1 aromatic heterocycles. The number of aliphatic hydroxyl groups excluding tert-OH is 1. The normalized spacial score (nSPS) is 18.6. The lowest BCUT2D eigenvalue weighted by atomic mass is 9.90.